The van der Waals surface area contributed by atoms with Crippen LogP contribution in [0.5, 0.6) is 0 Å². The van der Waals surface area contributed by atoms with Crippen molar-refractivity contribution in [3.8, 4) is 0 Å². The standard InChI is InChI=1S/C10H21NO/c1-9-4-3-5-10(9)8-11(2)6-7-12/h9-10,12H,3-8H2,1-2H3. The molecule has 1 fully saturated rings. The Balaban J connectivity index is 2.20. The molecule has 0 aromatic heterocycles. The van der Waals surface area contributed by atoms with Crippen molar-refractivity contribution in [3.63, 3.8) is 0 Å². The van der Waals surface area contributed by atoms with Gasteiger partial charge in [0.2, 0.25) is 0 Å². The molecule has 0 amide bonds. The summed E-state index contributed by atoms with van der Waals surface area (Å²) in [5, 5.41) is 8.73. The molecule has 2 atom stereocenters. The third-order valence-corrected chi connectivity index (χ3v) is 3.07. The Morgan fingerprint density at radius 3 is 2.67 bits per heavy atom. The van der Waals surface area contributed by atoms with Gasteiger partial charge in [-0.2, -0.15) is 0 Å². The normalized spacial score (nSPS) is 30.0. The van der Waals surface area contributed by atoms with E-state index in [9.17, 15) is 0 Å². The van der Waals surface area contributed by atoms with E-state index in [1.54, 1.807) is 0 Å². The molecule has 0 heterocycles. The maximum absolute atomic E-state index is 8.73. The van der Waals surface area contributed by atoms with Gasteiger partial charge in [0.15, 0.2) is 0 Å². The van der Waals surface area contributed by atoms with E-state index in [0.717, 1.165) is 18.4 Å². The topological polar surface area (TPSA) is 23.5 Å². The molecule has 72 valence electrons. The molecule has 12 heavy (non-hydrogen) atoms. The number of aliphatic hydroxyl groups excluding tert-OH is 1. The minimum atomic E-state index is 0.289. The number of likely N-dealkylation sites (N-methyl/N-ethyl adjacent to an activating group) is 1. The summed E-state index contributed by atoms with van der Waals surface area (Å²) in [5.41, 5.74) is 0. The Bertz CT molecular complexity index is 127. The van der Waals surface area contributed by atoms with Crippen LogP contribution in [0.15, 0.2) is 0 Å². The van der Waals surface area contributed by atoms with Crippen molar-refractivity contribution in [1.29, 1.82) is 0 Å². The zero-order chi connectivity index (χ0) is 8.97. The van der Waals surface area contributed by atoms with Crippen LogP contribution in [-0.4, -0.2) is 36.8 Å². The van der Waals surface area contributed by atoms with Crippen LogP contribution in [0.2, 0.25) is 0 Å². The van der Waals surface area contributed by atoms with E-state index in [-0.39, 0.29) is 6.61 Å². The average Bonchev–Trinajstić information content (AvgIpc) is 2.37. The highest BCUT2D eigenvalue weighted by Gasteiger charge is 2.23. The van der Waals surface area contributed by atoms with Gasteiger partial charge in [-0.25, -0.2) is 0 Å². The monoisotopic (exact) mass is 171 g/mol. The quantitative estimate of drug-likeness (QED) is 0.690. The van der Waals surface area contributed by atoms with Gasteiger partial charge in [0.25, 0.3) is 0 Å². The number of nitrogens with zero attached hydrogens (tertiary/aromatic N) is 1. The number of hydrogen-bond donors (Lipinski definition) is 1. The average molecular weight is 171 g/mol. The lowest BCUT2D eigenvalue weighted by Gasteiger charge is -2.22. The fourth-order valence-corrected chi connectivity index (χ4v) is 2.16. The van der Waals surface area contributed by atoms with Crippen molar-refractivity contribution in [3.05, 3.63) is 0 Å². The molecule has 2 nitrogen and oxygen atoms in total. The lowest BCUT2D eigenvalue weighted by atomic mass is 9.98. The van der Waals surface area contributed by atoms with Gasteiger partial charge in [-0.3, -0.25) is 0 Å². The molecular formula is C10H21NO. The van der Waals surface area contributed by atoms with Crippen LogP contribution < -0.4 is 0 Å². The van der Waals surface area contributed by atoms with E-state index in [0.29, 0.717) is 0 Å². The van der Waals surface area contributed by atoms with Crippen molar-refractivity contribution in [2.45, 2.75) is 26.2 Å². The molecule has 2 heteroatoms. The van der Waals surface area contributed by atoms with Gasteiger partial charge in [0, 0.05) is 13.1 Å². The number of hydrogen-bond acceptors (Lipinski definition) is 2. The summed E-state index contributed by atoms with van der Waals surface area (Å²) < 4.78 is 0. The fourth-order valence-electron chi connectivity index (χ4n) is 2.16. The molecule has 0 spiro atoms. The molecular weight excluding hydrogens is 150 g/mol. The van der Waals surface area contributed by atoms with Crippen LogP contribution in [0.1, 0.15) is 26.2 Å². The van der Waals surface area contributed by atoms with Gasteiger partial charge in [0.1, 0.15) is 0 Å². The molecule has 0 aromatic rings. The van der Waals surface area contributed by atoms with Crippen molar-refractivity contribution in [2.24, 2.45) is 11.8 Å². The third-order valence-electron chi connectivity index (χ3n) is 3.07. The van der Waals surface area contributed by atoms with Crippen molar-refractivity contribution >= 4 is 0 Å². The largest absolute Gasteiger partial charge is 0.395 e. The van der Waals surface area contributed by atoms with E-state index in [1.807, 2.05) is 0 Å². The predicted octanol–water partition coefficient (Wildman–Crippen LogP) is 1.35. The van der Waals surface area contributed by atoms with Crippen LogP contribution in [0.4, 0.5) is 0 Å². The highest BCUT2D eigenvalue weighted by Crippen LogP contribution is 2.31. The van der Waals surface area contributed by atoms with Gasteiger partial charge in [-0.05, 0) is 25.3 Å². The number of aliphatic hydroxyl groups is 1. The van der Waals surface area contributed by atoms with Crippen LogP contribution >= 0.6 is 0 Å². The maximum atomic E-state index is 8.73. The Hall–Kier alpha value is -0.0800. The molecule has 0 bridgehead atoms. The highest BCUT2D eigenvalue weighted by molar-refractivity contribution is 4.76. The zero-order valence-electron chi connectivity index (χ0n) is 8.29. The summed E-state index contributed by atoms with van der Waals surface area (Å²) in [6.45, 7) is 4.63. The molecule has 1 rings (SSSR count). The SMILES string of the molecule is CC1CCCC1CN(C)CCO. The third kappa shape index (κ3) is 2.76. The molecule has 1 aliphatic rings. The highest BCUT2D eigenvalue weighted by atomic mass is 16.3. The van der Waals surface area contributed by atoms with E-state index in [1.165, 1.54) is 25.8 Å². The molecule has 0 aromatic carbocycles. The van der Waals surface area contributed by atoms with Crippen LogP contribution in [-0.2, 0) is 0 Å². The van der Waals surface area contributed by atoms with Gasteiger partial charge in [-0.15, -0.1) is 0 Å². The molecule has 1 N–H and O–H groups in total. The lowest BCUT2D eigenvalue weighted by Crippen LogP contribution is -2.29. The van der Waals surface area contributed by atoms with E-state index in [4.69, 9.17) is 5.11 Å². The molecule has 2 unspecified atom stereocenters. The first-order valence-corrected chi connectivity index (χ1v) is 5.03. The Labute approximate surface area is 75.6 Å². The first-order chi connectivity index (χ1) is 5.74. The predicted molar refractivity (Wildman–Crippen MR) is 51.1 cm³/mol. The molecule has 1 aliphatic carbocycles. The second-order valence-corrected chi connectivity index (χ2v) is 4.15. The maximum Gasteiger partial charge on any atom is 0.0558 e. The van der Waals surface area contributed by atoms with Gasteiger partial charge in [-0.1, -0.05) is 19.8 Å². The smallest absolute Gasteiger partial charge is 0.0558 e. The van der Waals surface area contributed by atoms with Crippen molar-refractivity contribution in [2.75, 3.05) is 26.7 Å². The summed E-state index contributed by atoms with van der Waals surface area (Å²) in [6.07, 6.45) is 4.19. The first kappa shape index (κ1) is 10.0. The van der Waals surface area contributed by atoms with Crippen LogP contribution in [0.3, 0.4) is 0 Å². The van der Waals surface area contributed by atoms with Gasteiger partial charge < -0.3 is 10.0 Å². The first-order valence-electron chi connectivity index (χ1n) is 5.03. The summed E-state index contributed by atoms with van der Waals surface area (Å²) in [5.74, 6) is 1.77. The molecule has 0 aliphatic heterocycles. The molecule has 0 radical (unpaired) electrons. The van der Waals surface area contributed by atoms with Crippen molar-refractivity contribution < 1.29 is 5.11 Å². The fraction of sp³-hybridized carbons (Fsp3) is 1.00. The van der Waals surface area contributed by atoms with Crippen LogP contribution in [0.25, 0.3) is 0 Å². The van der Waals surface area contributed by atoms with E-state index < -0.39 is 0 Å². The zero-order valence-corrected chi connectivity index (χ0v) is 8.29. The van der Waals surface area contributed by atoms with Crippen LogP contribution in [0, 0.1) is 11.8 Å². The molecule has 0 saturated heterocycles. The van der Waals surface area contributed by atoms with Gasteiger partial charge in [0.05, 0.1) is 6.61 Å². The summed E-state index contributed by atoms with van der Waals surface area (Å²) >= 11 is 0. The summed E-state index contributed by atoms with van der Waals surface area (Å²) in [7, 11) is 2.10. The molecule has 1 saturated carbocycles. The second-order valence-electron chi connectivity index (χ2n) is 4.15. The number of rotatable bonds is 4. The second kappa shape index (κ2) is 4.83. The summed E-state index contributed by atoms with van der Waals surface area (Å²) in [4.78, 5) is 2.24. The Morgan fingerprint density at radius 2 is 2.17 bits per heavy atom. The minimum absolute atomic E-state index is 0.289. The van der Waals surface area contributed by atoms with Gasteiger partial charge >= 0.3 is 0 Å². The minimum Gasteiger partial charge on any atom is -0.395 e. The Morgan fingerprint density at radius 1 is 1.42 bits per heavy atom. The lowest BCUT2D eigenvalue weighted by molar-refractivity contribution is 0.191. The van der Waals surface area contributed by atoms with E-state index >= 15 is 0 Å². The Kier molecular flexibility index (Phi) is 4.02. The summed E-state index contributed by atoms with van der Waals surface area (Å²) in [6, 6.07) is 0. The van der Waals surface area contributed by atoms with E-state index in [2.05, 4.69) is 18.9 Å². The van der Waals surface area contributed by atoms with Crippen molar-refractivity contribution in [1.82, 2.24) is 4.90 Å².